The normalized spacial score (nSPS) is 14.1. The Morgan fingerprint density at radius 1 is 1.17 bits per heavy atom. The Morgan fingerprint density at radius 2 is 2.03 bits per heavy atom. The number of methoxy groups -OCH3 is 1. The first-order valence-corrected chi connectivity index (χ1v) is 11.5. The van der Waals surface area contributed by atoms with Crippen LogP contribution in [0.1, 0.15) is 5.56 Å². The molecule has 1 aromatic carbocycles. The second-order valence-corrected chi connectivity index (χ2v) is 8.41. The van der Waals surface area contributed by atoms with Crippen molar-refractivity contribution < 1.29 is 14.3 Å². The number of carbonyl (C=O) groups is 1. The van der Waals surface area contributed by atoms with Crippen LogP contribution in [0.15, 0.2) is 67.6 Å². The Bertz CT molecular complexity index is 1370. The molecule has 35 heavy (non-hydrogen) atoms. The van der Waals surface area contributed by atoms with Crippen molar-refractivity contribution in [1.29, 1.82) is 0 Å². The van der Waals surface area contributed by atoms with Crippen LogP contribution in [0.5, 0.6) is 5.88 Å². The average molecular weight is 470 g/mol. The predicted octanol–water partition coefficient (Wildman–Crippen LogP) is 4.26. The van der Waals surface area contributed by atoms with Gasteiger partial charge in [0.25, 0.3) is 0 Å². The topological polar surface area (TPSA) is 92.4 Å². The van der Waals surface area contributed by atoms with Crippen molar-refractivity contribution >= 4 is 22.6 Å². The van der Waals surface area contributed by atoms with E-state index in [-0.39, 0.29) is 5.91 Å². The van der Waals surface area contributed by atoms with Crippen molar-refractivity contribution in [3.05, 3.63) is 73.2 Å². The summed E-state index contributed by atoms with van der Waals surface area (Å²) < 4.78 is 10.8. The van der Waals surface area contributed by atoms with E-state index in [2.05, 4.69) is 43.9 Å². The van der Waals surface area contributed by atoms with Crippen molar-refractivity contribution in [3.8, 4) is 28.1 Å². The number of carbonyl (C=O) groups excluding carboxylic acids is 1. The van der Waals surface area contributed by atoms with Gasteiger partial charge in [-0.05, 0) is 53.1 Å². The van der Waals surface area contributed by atoms with Crippen LogP contribution in [0, 0.1) is 0 Å². The van der Waals surface area contributed by atoms with E-state index in [1.54, 1.807) is 13.3 Å². The molecule has 0 bridgehead atoms. The Balaban J connectivity index is 1.55. The number of amides is 1. The van der Waals surface area contributed by atoms with E-state index in [1.165, 1.54) is 6.08 Å². The second kappa shape index (κ2) is 10.1. The monoisotopic (exact) mass is 469 g/mol. The van der Waals surface area contributed by atoms with Crippen LogP contribution in [-0.2, 0) is 16.1 Å². The molecule has 8 heteroatoms. The van der Waals surface area contributed by atoms with E-state index in [0.29, 0.717) is 5.88 Å². The van der Waals surface area contributed by atoms with Gasteiger partial charge < -0.3 is 19.8 Å². The van der Waals surface area contributed by atoms with Crippen LogP contribution >= 0.6 is 0 Å². The van der Waals surface area contributed by atoms with Gasteiger partial charge in [0.15, 0.2) is 0 Å². The Labute approximate surface area is 203 Å². The predicted molar refractivity (Wildman–Crippen MR) is 136 cm³/mol. The zero-order valence-corrected chi connectivity index (χ0v) is 19.6. The molecule has 178 valence electrons. The third-order valence-electron chi connectivity index (χ3n) is 6.08. The molecule has 2 N–H and O–H groups in total. The maximum atomic E-state index is 12.0. The molecule has 0 atom stereocenters. The number of anilines is 1. The molecular formula is C27H27N5O3. The maximum Gasteiger partial charge on any atom is 0.247 e. The highest BCUT2D eigenvalue weighted by Crippen LogP contribution is 2.33. The van der Waals surface area contributed by atoms with Crippen molar-refractivity contribution in [2.75, 3.05) is 38.7 Å². The number of fused-ring (bicyclic) bond motifs is 1. The summed E-state index contributed by atoms with van der Waals surface area (Å²) in [5.74, 6) is 0.312. The highest BCUT2D eigenvalue weighted by Gasteiger charge is 2.14. The van der Waals surface area contributed by atoms with E-state index in [1.807, 2.05) is 36.7 Å². The van der Waals surface area contributed by atoms with E-state index < -0.39 is 0 Å². The lowest BCUT2D eigenvalue weighted by Crippen LogP contribution is -2.35. The summed E-state index contributed by atoms with van der Waals surface area (Å²) in [4.78, 5) is 26.5. The van der Waals surface area contributed by atoms with Gasteiger partial charge in [0.05, 0.1) is 20.3 Å². The zero-order valence-electron chi connectivity index (χ0n) is 19.6. The van der Waals surface area contributed by atoms with Crippen LogP contribution in [-0.4, -0.2) is 59.2 Å². The summed E-state index contributed by atoms with van der Waals surface area (Å²) >= 11 is 0. The number of hydrogen-bond acceptors (Lipinski definition) is 6. The number of H-pyrrole nitrogens is 1. The highest BCUT2D eigenvalue weighted by molar-refractivity contribution is 6.00. The number of morpholine rings is 1. The SMILES string of the molecule is C=CC(=O)Nc1cc(CN2CCOCC2)cc(-c2cnc3[nH]cc(-c4ccnc(OC)c4)c3c2)c1. The maximum absolute atomic E-state index is 12.0. The first kappa shape index (κ1) is 22.8. The summed E-state index contributed by atoms with van der Waals surface area (Å²) in [5, 5.41) is 3.91. The van der Waals surface area contributed by atoms with E-state index in [0.717, 1.165) is 77.4 Å². The number of aromatic amines is 1. The van der Waals surface area contributed by atoms with Crippen LogP contribution in [0.25, 0.3) is 33.3 Å². The quantitative estimate of drug-likeness (QED) is 0.393. The van der Waals surface area contributed by atoms with E-state index in [9.17, 15) is 4.79 Å². The minimum atomic E-state index is -0.243. The molecule has 3 aromatic heterocycles. The van der Waals surface area contributed by atoms with E-state index >= 15 is 0 Å². The molecule has 0 unspecified atom stereocenters. The molecule has 0 aliphatic carbocycles. The number of benzene rings is 1. The minimum absolute atomic E-state index is 0.243. The fourth-order valence-electron chi connectivity index (χ4n) is 4.32. The number of nitrogens with one attached hydrogen (secondary N) is 2. The van der Waals surface area contributed by atoms with Crippen molar-refractivity contribution in [3.63, 3.8) is 0 Å². The lowest BCUT2D eigenvalue weighted by molar-refractivity contribution is -0.111. The molecule has 4 aromatic rings. The molecule has 1 saturated heterocycles. The third kappa shape index (κ3) is 5.08. The third-order valence-corrected chi connectivity index (χ3v) is 6.08. The van der Waals surface area contributed by atoms with Crippen LogP contribution < -0.4 is 10.1 Å². The number of hydrogen-bond donors (Lipinski definition) is 2. The highest BCUT2D eigenvalue weighted by atomic mass is 16.5. The van der Waals surface area contributed by atoms with E-state index in [4.69, 9.17) is 9.47 Å². The average Bonchev–Trinajstić information content (AvgIpc) is 3.32. The van der Waals surface area contributed by atoms with Crippen molar-refractivity contribution in [2.24, 2.45) is 0 Å². The Kier molecular flexibility index (Phi) is 6.56. The lowest BCUT2D eigenvalue weighted by Gasteiger charge is -2.27. The van der Waals surface area contributed by atoms with Gasteiger partial charge in [-0.25, -0.2) is 9.97 Å². The molecule has 0 radical (unpaired) electrons. The Morgan fingerprint density at radius 3 is 2.83 bits per heavy atom. The van der Waals surface area contributed by atoms with Gasteiger partial charge in [0.1, 0.15) is 5.65 Å². The number of nitrogens with zero attached hydrogens (tertiary/aromatic N) is 3. The minimum Gasteiger partial charge on any atom is -0.481 e. The van der Waals surface area contributed by atoms with Gasteiger partial charge in [-0.2, -0.15) is 0 Å². The number of aromatic nitrogens is 3. The summed E-state index contributed by atoms with van der Waals surface area (Å²) in [6, 6.07) is 12.1. The summed E-state index contributed by atoms with van der Waals surface area (Å²) in [7, 11) is 1.60. The molecular weight excluding hydrogens is 442 g/mol. The summed E-state index contributed by atoms with van der Waals surface area (Å²) in [6.45, 7) is 7.58. The van der Waals surface area contributed by atoms with Crippen LogP contribution in [0.3, 0.4) is 0 Å². The zero-order chi connectivity index (χ0) is 24.2. The molecule has 1 aliphatic rings. The van der Waals surface area contributed by atoms with Gasteiger partial charge in [-0.15, -0.1) is 0 Å². The Hall–Kier alpha value is -4.01. The fourth-order valence-corrected chi connectivity index (χ4v) is 4.32. The first-order chi connectivity index (χ1) is 17.1. The largest absolute Gasteiger partial charge is 0.481 e. The molecule has 0 spiro atoms. The van der Waals surface area contributed by atoms with Gasteiger partial charge in [-0.1, -0.05) is 6.58 Å². The molecule has 5 rings (SSSR count). The van der Waals surface area contributed by atoms with Crippen LogP contribution in [0.4, 0.5) is 5.69 Å². The first-order valence-electron chi connectivity index (χ1n) is 11.5. The van der Waals surface area contributed by atoms with Gasteiger partial charge in [-0.3, -0.25) is 9.69 Å². The molecule has 1 fully saturated rings. The number of pyridine rings is 2. The second-order valence-electron chi connectivity index (χ2n) is 8.41. The smallest absolute Gasteiger partial charge is 0.247 e. The van der Waals surface area contributed by atoms with Gasteiger partial charge in [0, 0.05) is 66.5 Å². The molecule has 4 heterocycles. The standard InChI is InChI=1S/C27H27N5O3/c1-3-25(33)31-22-11-18(17-32-6-8-35-9-7-32)10-20(12-22)21-13-23-24(16-30-27(23)29-15-21)19-4-5-28-26(14-19)34-2/h3-5,10-16H,1,6-9,17H2,2H3,(H,29,30)(H,31,33). The number of rotatable bonds is 7. The molecule has 0 saturated carbocycles. The lowest BCUT2D eigenvalue weighted by atomic mass is 10.00. The molecule has 1 aliphatic heterocycles. The van der Waals surface area contributed by atoms with Gasteiger partial charge >= 0.3 is 0 Å². The van der Waals surface area contributed by atoms with Crippen LogP contribution in [0.2, 0.25) is 0 Å². The summed E-state index contributed by atoms with van der Waals surface area (Å²) in [5.41, 5.74) is 6.56. The molecule has 1 amide bonds. The summed E-state index contributed by atoms with van der Waals surface area (Å²) in [6.07, 6.45) is 6.80. The molecule has 8 nitrogen and oxygen atoms in total. The van der Waals surface area contributed by atoms with Crippen molar-refractivity contribution in [1.82, 2.24) is 19.9 Å². The van der Waals surface area contributed by atoms with Gasteiger partial charge in [0.2, 0.25) is 11.8 Å². The number of ether oxygens (including phenoxy) is 2. The fraction of sp³-hybridized carbons (Fsp3) is 0.222. The van der Waals surface area contributed by atoms with Crippen molar-refractivity contribution in [2.45, 2.75) is 6.54 Å².